The Morgan fingerprint density at radius 2 is 1.10 bits per heavy atom. The van der Waals surface area contributed by atoms with Gasteiger partial charge >= 0.3 is 0 Å². The van der Waals surface area contributed by atoms with E-state index in [2.05, 4.69) is 4.90 Å². The lowest BCUT2D eigenvalue weighted by atomic mass is 10.2. The second-order valence-corrected chi connectivity index (χ2v) is 9.66. The fourth-order valence-corrected chi connectivity index (χ4v) is 6.74. The van der Waals surface area contributed by atoms with Crippen LogP contribution in [0.15, 0.2) is 123 Å². The fraction of sp³-hybridized carbons (Fsp3) is 0. The smallest absolute Gasteiger partial charge is 0.208 e. The Labute approximate surface area is 174 Å². The van der Waals surface area contributed by atoms with Gasteiger partial charge in [-0.2, -0.15) is 0 Å². The van der Waals surface area contributed by atoms with E-state index in [-0.39, 0.29) is 0 Å². The van der Waals surface area contributed by atoms with Crippen LogP contribution < -0.4 is 4.90 Å². The number of fused-ring (bicyclic) bond motifs is 2. The first-order valence-electron chi connectivity index (χ1n) is 9.21. The Morgan fingerprint density at radius 1 is 0.552 bits per heavy atom. The summed E-state index contributed by atoms with van der Waals surface area (Å²) in [6.45, 7) is 0. The van der Waals surface area contributed by atoms with Gasteiger partial charge in [0.25, 0.3) is 0 Å². The quantitative estimate of drug-likeness (QED) is 0.339. The number of nitrogens with zero attached hydrogens (tertiary/aromatic N) is 1. The summed E-state index contributed by atoms with van der Waals surface area (Å²) in [5, 5.41) is 0. The molecule has 0 fully saturated rings. The van der Waals surface area contributed by atoms with E-state index >= 15 is 0 Å². The molecule has 29 heavy (non-hydrogen) atoms. The van der Waals surface area contributed by atoms with Crippen LogP contribution >= 0.6 is 11.8 Å². The molecule has 1 aliphatic rings. The zero-order valence-electron chi connectivity index (χ0n) is 15.4. The summed E-state index contributed by atoms with van der Waals surface area (Å²) in [5.74, 6) is 0. The summed E-state index contributed by atoms with van der Waals surface area (Å²) in [4.78, 5) is 4.40. The van der Waals surface area contributed by atoms with Crippen LogP contribution in [0.3, 0.4) is 0 Å². The van der Waals surface area contributed by atoms with Gasteiger partial charge in [0, 0.05) is 26.9 Å². The van der Waals surface area contributed by atoms with E-state index in [1.165, 1.54) is 11.8 Å². The van der Waals surface area contributed by atoms with Crippen molar-refractivity contribution in [3.05, 3.63) is 103 Å². The molecule has 0 bridgehead atoms. The number of hydrogen-bond donors (Lipinski definition) is 0. The molecule has 0 unspecified atom stereocenters. The number of rotatable bonds is 3. The maximum absolute atomic E-state index is 13.1. The van der Waals surface area contributed by atoms with E-state index in [4.69, 9.17) is 0 Å². The molecule has 0 saturated carbocycles. The van der Waals surface area contributed by atoms with Crippen LogP contribution in [-0.2, 0) is 9.84 Å². The highest BCUT2D eigenvalue weighted by Gasteiger charge is 2.30. The molecule has 0 atom stereocenters. The predicted octanol–water partition coefficient (Wildman–Crippen LogP) is 6.45. The van der Waals surface area contributed by atoms with Crippen LogP contribution in [0.2, 0.25) is 0 Å². The van der Waals surface area contributed by atoms with Gasteiger partial charge in [0.05, 0.1) is 9.79 Å². The van der Waals surface area contributed by atoms with E-state index in [0.29, 0.717) is 9.79 Å². The Morgan fingerprint density at radius 3 is 1.76 bits per heavy atom. The van der Waals surface area contributed by atoms with Crippen molar-refractivity contribution in [2.45, 2.75) is 19.6 Å². The highest BCUT2D eigenvalue weighted by atomic mass is 32.2. The van der Waals surface area contributed by atoms with Gasteiger partial charge in [0.15, 0.2) is 0 Å². The molecule has 4 aromatic rings. The monoisotopic (exact) mass is 415 g/mol. The van der Waals surface area contributed by atoms with Crippen LogP contribution in [0, 0.1) is 0 Å². The van der Waals surface area contributed by atoms with Gasteiger partial charge in [-0.25, -0.2) is 8.42 Å². The summed E-state index contributed by atoms with van der Waals surface area (Å²) in [7, 11) is -3.51. The predicted molar refractivity (Wildman–Crippen MR) is 117 cm³/mol. The minimum absolute atomic E-state index is 0.367. The Hall–Kier alpha value is -3.02. The highest BCUT2D eigenvalue weighted by molar-refractivity contribution is 8.02. The summed E-state index contributed by atoms with van der Waals surface area (Å²) >= 11 is 1.50. The molecular formula is C24H17NO2S2. The minimum atomic E-state index is -3.51. The Balaban J connectivity index is 1.68. The molecule has 0 saturated heterocycles. The number of hydrogen-bond acceptors (Lipinski definition) is 4. The molecule has 4 aromatic carbocycles. The normalized spacial score (nSPS) is 13.9. The first-order valence-corrected chi connectivity index (χ1v) is 11.5. The molecule has 1 heterocycles. The van der Waals surface area contributed by atoms with Crippen molar-refractivity contribution >= 4 is 38.7 Å². The molecule has 0 aromatic heterocycles. The first kappa shape index (κ1) is 18.0. The van der Waals surface area contributed by atoms with E-state index in [1.54, 1.807) is 18.2 Å². The topological polar surface area (TPSA) is 37.4 Å². The molecule has 0 amide bonds. The van der Waals surface area contributed by atoms with Crippen LogP contribution in [0.5, 0.6) is 0 Å². The average molecular weight is 416 g/mol. The lowest BCUT2D eigenvalue weighted by molar-refractivity contribution is 0.591. The van der Waals surface area contributed by atoms with Crippen LogP contribution in [0.1, 0.15) is 0 Å². The minimum Gasteiger partial charge on any atom is -0.310 e. The van der Waals surface area contributed by atoms with Crippen LogP contribution in [-0.4, -0.2) is 8.42 Å². The molecule has 5 rings (SSSR count). The van der Waals surface area contributed by atoms with Crippen molar-refractivity contribution < 1.29 is 8.42 Å². The molecule has 5 heteroatoms. The molecule has 3 nitrogen and oxygen atoms in total. The molecule has 142 valence electrons. The zero-order chi connectivity index (χ0) is 19.8. The Bertz CT molecular complexity index is 1250. The number of sulfone groups is 1. The lowest BCUT2D eigenvalue weighted by Crippen LogP contribution is -2.13. The van der Waals surface area contributed by atoms with Crippen molar-refractivity contribution in [1.29, 1.82) is 0 Å². The molecular weight excluding hydrogens is 398 g/mol. The number of anilines is 3. The number of para-hydroxylation sites is 2. The lowest BCUT2D eigenvalue weighted by Gasteiger charge is -2.27. The molecule has 0 spiro atoms. The van der Waals surface area contributed by atoms with Gasteiger partial charge in [-0.1, -0.05) is 60.3 Å². The SMILES string of the molecule is O=S1(=O)c2ccccc2Sc2cc(N(c3ccccc3)c3ccccc3)ccc21. The standard InChI is InChI=1S/C24H17NO2S2/c26-29(27)23-14-8-7-13-21(23)28-22-17-20(15-16-24(22)29)25(18-9-3-1-4-10-18)19-11-5-2-6-12-19/h1-17H. The van der Waals surface area contributed by atoms with E-state index in [0.717, 1.165) is 26.9 Å². The molecule has 1 aliphatic heterocycles. The number of benzene rings is 4. The van der Waals surface area contributed by atoms with Crippen molar-refractivity contribution in [3.8, 4) is 0 Å². The van der Waals surface area contributed by atoms with Gasteiger partial charge in [0.1, 0.15) is 0 Å². The maximum atomic E-state index is 13.1. The van der Waals surface area contributed by atoms with Crippen molar-refractivity contribution in [1.82, 2.24) is 0 Å². The van der Waals surface area contributed by atoms with Gasteiger partial charge in [-0.3, -0.25) is 0 Å². The molecule has 0 radical (unpaired) electrons. The van der Waals surface area contributed by atoms with Crippen molar-refractivity contribution in [3.63, 3.8) is 0 Å². The second kappa shape index (κ2) is 7.10. The summed E-state index contributed by atoms with van der Waals surface area (Å²) in [6, 6.07) is 32.9. The van der Waals surface area contributed by atoms with Crippen molar-refractivity contribution in [2.24, 2.45) is 0 Å². The van der Waals surface area contributed by atoms with Crippen molar-refractivity contribution in [2.75, 3.05) is 4.90 Å². The van der Waals surface area contributed by atoms with Gasteiger partial charge in [0.2, 0.25) is 9.84 Å². The van der Waals surface area contributed by atoms with Gasteiger partial charge in [-0.05, 0) is 54.6 Å². The summed E-state index contributed by atoms with van der Waals surface area (Å²) < 4.78 is 26.2. The Kier molecular flexibility index (Phi) is 4.42. The molecule has 0 N–H and O–H groups in total. The van der Waals surface area contributed by atoms with Gasteiger partial charge < -0.3 is 4.90 Å². The zero-order valence-corrected chi connectivity index (χ0v) is 17.0. The third-order valence-electron chi connectivity index (χ3n) is 4.86. The second-order valence-electron chi connectivity index (χ2n) is 6.69. The van der Waals surface area contributed by atoms with Crippen LogP contribution in [0.4, 0.5) is 17.1 Å². The third-order valence-corrected chi connectivity index (χ3v) is 8.12. The van der Waals surface area contributed by atoms with Gasteiger partial charge in [-0.15, -0.1) is 0 Å². The largest absolute Gasteiger partial charge is 0.310 e. The average Bonchev–Trinajstić information content (AvgIpc) is 2.75. The van der Waals surface area contributed by atoms with E-state index in [9.17, 15) is 8.42 Å². The summed E-state index contributed by atoms with van der Waals surface area (Å²) in [5.41, 5.74) is 2.95. The third kappa shape index (κ3) is 3.12. The maximum Gasteiger partial charge on any atom is 0.208 e. The van der Waals surface area contributed by atoms with E-state index in [1.807, 2.05) is 84.9 Å². The fourth-order valence-electron chi connectivity index (χ4n) is 3.53. The highest BCUT2D eigenvalue weighted by Crippen LogP contribution is 2.47. The van der Waals surface area contributed by atoms with E-state index < -0.39 is 9.84 Å². The molecule has 0 aliphatic carbocycles. The summed E-state index contributed by atoms with van der Waals surface area (Å²) in [6.07, 6.45) is 0. The first-order chi connectivity index (χ1) is 14.1. The van der Waals surface area contributed by atoms with Crippen LogP contribution in [0.25, 0.3) is 0 Å².